The van der Waals surface area contributed by atoms with Crippen molar-refractivity contribution in [1.29, 1.82) is 0 Å². The summed E-state index contributed by atoms with van der Waals surface area (Å²) in [7, 11) is 0. The summed E-state index contributed by atoms with van der Waals surface area (Å²) in [4.78, 5) is 11.2. The summed E-state index contributed by atoms with van der Waals surface area (Å²) >= 11 is 5.56. The largest absolute Gasteiger partial charge is 0.369 e. The highest BCUT2D eigenvalue weighted by molar-refractivity contribution is 14.1. The van der Waals surface area contributed by atoms with Gasteiger partial charge in [0.05, 0.1) is 5.92 Å². The van der Waals surface area contributed by atoms with Crippen molar-refractivity contribution in [1.82, 2.24) is 0 Å². The molecule has 4 heteroatoms. The van der Waals surface area contributed by atoms with Crippen molar-refractivity contribution in [3.8, 4) is 0 Å². The summed E-state index contributed by atoms with van der Waals surface area (Å²) in [5.74, 6) is -0.434. The second-order valence-corrected chi connectivity index (χ2v) is 4.91. The normalized spacial score (nSPS) is 12.4. The van der Waals surface area contributed by atoms with Gasteiger partial charge in [-0.15, -0.1) is 0 Å². The van der Waals surface area contributed by atoms with E-state index in [1.54, 1.807) is 0 Å². The Balaban J connectivity index is 2.99. The lowest BCUT2D eigenvalue weighted by Crippen LogP contribution is -2.22. The maximum absolute atomic E-state index is 11.2. The fourth-order valence-corrected chi connectivity index (χ4v) is 2.54. The molecule has 0 saturated heterocycles. The van der Waals surface area contributed by atoms with Crippen LogP contribution in [0.15, 0.2) is 24.3 Å². The number of primary amides is 1. The van der Waals surface area contributed by atoms with Crippen molar-refractivity contribution in [3.63, 3.8) is 0 Å². The standard InChI is InChI=1S/C10H11BrINO/c11-6-5-8(10(13)14)7-3-1-2-4-9(7)12/h1-4,8H,5-6H2,(H2,13,14). The topological polar surface area (TPSA) is 43.1 Å². The third-order valence-corrected chi connectivity index (χ3v) is 3.46. The van der Waals surface area contributed by atoms with Crippen LogP contribution in [-0.4, -0.2) is 11.2 Å². The Morgan fingerprint density at radius 3 is 2.64 bits per heavy atom. The molecule has 1 rings (SSSR count). The number of carbonyl (C=O) groups is 1. The average Bonchev–Trinajstić information content (AvgIpc) is 2.15. The van der Waals surface area contributed by atoms with Crippen molar-refractivity contribution in [2.75, 3.05) is 5.33 Å². The lowest BCUT2D eigenvalue weighted by molar-refractivity contribution is -0.119. The molecule has 0 bridgehead atoms. The third-order valence-electron chi connectivity index (χ3n) is 2.02. The molecule has 0 heterocycles. The highest BCUT2D eigenvalue weighted by Gasteiger charge is 2.18. The molecule has 0 saturated carbocycles. The molecular weight excluding hydrogens is 357 g/mol. The fourth-order valence-electron chi connectivity index (χ4n) is 1.32. The first kappa shape index (κ1) is 12.0. The molecule has 0 radical (unpaired) electrons. The Kier molecular flexibility index (Phi) is 4.88. The smallest absolute Gasteiger partial charge is 0.225 e. The van der Waals surface area contributed by atoms with Crippen LogP contribution in [0.2, 0.25) is 0 Å². The van der Waals surface area contributed by atoms with Crippen LogP contribution < -0.4 is 5.73 Å². The Morgan fingerprint density at radius 2 is 2.14 bits per heavy atom. The average molecular weight is 368 g/mol. The molecule has 14 heavy (non-hydrogen) atoms. The van der Waals surface area contributed by atoms with E-state index in [9.17, 15) is 4.79 Å². The van der Waals surface area contributed by atoms with E-state index in [1.165, 1.54) is 0 Å². The SMILES string of the molecule is NC(=O)C(CCBr)c1ccccc1I. The van der Waals surface area contributed by atoms with E-state index in [0.29, 0.717) is 0 Å². The highest BCUT2D eigenvalue weighted by Crippen LogP contribution is 2.24. The Labute approximate surface area is 106 Å². The highest BCUT2D eigenvalue weighted by atomic mass is 127. The van der Waals surface area contributed by atoms with Crippen LogP contribution in [0.25, 0.3) is 0 Å². The maximum Gasteiger partial charge on any atom is 0.225 e. The van der Waals surface area contributed by atoms with Crippen LogP contribution in [0, 0.1) is 3.57 Å². The number of amides is 1. The van der Waals surface area contributed by atoms with Gasteiger partial charge >= 0.3 is 0 Å². The number of carbonyl (C=O) groups excluding carboxylic acids is 1. The minimum Gasteiger partial charge on any atom is -0.369 e. The van der Waals surface area contributed by atoms with Gasteiger partial charge in [-0.05, 0) is 40.6 Å². The zero-order valence-corrected chi connectivity index (χ0v) is 11.3. The van der Waals surface area contributed by atoms with Gasteiger partial charge < -0.3 is 5.73 Å². The molecule has 76 valence electrons. The summed E-state index contributed by atoms with van der Waals surface area (Å²) in [5.41, 5.74) is 6.39. The van der Waals surface area contributed by atoms with Crippen LogP contribution in [-0.2, 0) is 4.79 Å². The van der Waals surface area contributed by atoms with E-state index < -0.39 is 0 Å². The number of benzene rings is 1. The molecule has 0 aliphatic heterocycles. The van der Waals surface area contributed by atoms with E-state index >= 15 is 0 Å². The molecule has 1 aromatic carbocycles. The summed E-state index contributed by atoms with van der Waals surface area (Å²) in [5, 5.41) is 0.783. The fraction of sp³-hybridized carbons (Fsp3) is 0.300. The minimum absolute atomic E-state index is 0.178. The number of hydrogen-bond donors (Lipinski definition) is 1. The number of hydrogen-bond acceptors (Lipinski definition) is 1. The Morgan fingerprint density at radius 1 is 1.50 bits per heavy atom. The Bertz CT molecular complexity index is 330. The molecule has 0 spiro atoms. The second-order valence-electron chi connectivity index (χ2n) is 2.95. The van der Waals surface area contributed by atoms with Crippen molar-refractivity contribution in [2.24, 2.45) is 5.73 Å². The molecule has 0 fully saturated rings. The number of rotatable bonds is 4. The van der Waals surface area contributed by atoms with Crippen molar-refractivity contribution >= 4 is 44.4 Å². The van der Waals surface area contributed by atoms with Crippen LogP contribution >= 0.6 is 38.5 Å². The zero-order valence-electron chi connectivity index (χ0n) is 7.54. The lowest BCUT2D eigenvalue weighted by atomic mass is 9.96. The van der Waals surface area contributed by atoms with Crippen LogP contribution in [0.3, 0.4) is 0 Å². The molecule has 2 nitrogen and oxygen atoms in total. The molecule has 0 aliphatic rings. The molecular formula is C10H11BrINO. The molecule has 1 aromatic rings. The first-order chi connectivity index (χ1) is 6.66. The van der Waals surface area contributed by atoms with Gasteiger partial charge in [0.1, 0.15) is 0 Å². The van der Waals surface area contributed by atoms with Gasteiger partial charge in [-0.25, -0.2) is 0 Å². The molecule has 1 amide bonds. The first-order valence-corrected chi connectivity index (χ1v) is 6.46. The predicted octanol–water partition coefficient (Wildman–Crippen LogP) is 2.65. The number of alkyl halides is 1. The van der Waals surface area contributed by atoms with Gasteiger partial charge in [-0.1, -0.05) is 34.1 Å². The second kappa shape index (κ2) is 5.70. The van der Waals surface area contributed by atoms with Crippen molar-refractivity contribution < 1.29 is 4.79 Å². The molecule has 1 unspecified atom stereocenters. The van der Waals surface area contributed by atoms with Crippen LogP contribution in [0.1, 0.15) is 17.9 Å². The summed E-state index contributed by atoms with van der Waals surface area (Å²) in [6, 6.07) is 7.83. The van der Waals surface area contributed by atoms with E-state index in [0.717, 1.165) is 20.9 Å². The molecule has 0 aliphatic carbocycles. The van der Waals surface area contributed by atoms with Gasteiger partial charge in [0.25, 0.3) is 0 Å². The first-order valence-electron chi connectivity index (χ1n) is 4.26. The van der Waals surface area contributed by atoms with Gasteiger partial charge in [0, 0.05) is 8.90 Å². The summed E-state index contributed by atoms with van der Waals surface area (Å²) in [6.07, 6.45) is 0.745. The number of nitrogens with two attached hydrogens (primary N) is 1. The lowest BCUT2D eigenvalue weighted by Gasteiger charge is -2.13. The van der Waals surface area contributed by atoms with E-state index in [-0.39, 0.29) is 11.8 Å². The summed E-state index contributed by atoms with van der Waals surface area (Å²) < 4.78 is 1.09. The van der Waals surface area contributed by atoms with Crippen LogP contribution in [0.4, 0.5) is 0 Å². The van der Waals surface area contributed by atoms with Gasteiger partial charge in [-0.2, -0.15) is 0 Å². The minimum atomic E-state index is -0.256. The van der Waals surface area contributed by atoms with E-state index in [1.807, 2.05) is 24.3 Å². The van der Waals surface area contributed by atoms with E-state index in [4.69, 9.17) is 5.73 Å². The quantitative estimate of drug-likeness (QED) is 0.645. The maximum atomic E-state index is 11.2. The monoisotopic (exact) mass is 367 g/mol. The van der Waals surface area contributed by atoms with Crippen molar-refractivity contribution in [2.45, 2.75) is 12.3 Å². The van der Waals surface area contributed by atoms with Gasteiger partial charge in [0.15, 0.2) is 0 Å². The van der Waals surface area contributed by atoms with Gasteiger partial charge in [-0.3, -0.25) is 4.79 Å². The molecule has 2 N–H and O–H groups in total. The Hall–Kier alpha value is -0.100. The molecule has 0 aromatic heterocycles. The number of halogens is 2. The third kappa shape index (κ3) is 2.95. The van der Waals surface area contributed by atoms with Gasteiger partial charge in [0.2, 0.25) is 5.91 Å². The predicted molar refractivity (Wildman–Crippen MR) is 69.5 cm³/mol. The molecule has 1 atom stereocenters. The summed E-state index contributed by atoms with van der Waals surface area (Å²) in [6.45, 7) is 0. The van der Waals surface area contributed by atoms with Crippen LogP contribution in [0.5, 0.6) is 0 Å². The van der Waals surface area contributed by atoms with E-state index in [2.05, 4.69) is 38.5 Å². The zero-order chi connectivity index (χ0) is 10.6. The van der Waals surface area contributed by atoms with Crippen molar-refractivity contribution in [3.05, 3.63) is 33.4 Å².